The van der Waals surface area contributed by atoms with E-state index in [2.05, 4.69) is 54.8 Å². The summed E-state index contributed by atoms with van der Waals surface area (Å²) in [5, 5.41) is 14.3. The van der Waals surface area contributed by atoms with Crippen molar-refractivity contribution in [2.75, 3.05) is 20.2 Å². The van der Waals surface area contributed by atoms with Crippen molar-refractivity contribution in [3.05, 3.63) is 72.6 Å². The number of H-pyrrole nitrogens is 2. The topological polar surface area (TPSA) is 186 Å². The van der Waals surface area contributed by atoms with Crippen LogP contribution >= 0.6 is 0 Å². The van der Waals surface area contributed by atoms with Crippen LogP contribution in [0.2, 0.25) is 0 Å². The van der Waals surface area contributed by atoms with Gasteiger partial charge in [-0.3, -0.25) is 9.59 Å². The summed E-state index contributed by atoms with van der Waals surface area (Å²) >= 11 is 0. The Labute approximate surface area is 308 Å². The molecule has 53 heavy (non-hydrogen) atoms. The molecule has 4 aromatic rings. The molecule has 2 aliphatic heterocycles. The maximum atomic E-state index is 13.5. The van der Waals surface area contributed by atoms with Gasteiger partial charge < -0.3 is 40.2 Å². The number of methoxy groups -OCH3 is 1. The third kappa shape index (κ3) is 8.06. The molecule has 4 heterocycles. The molecule has 5 N–H and O–H groups in total. The van der Waals surface area contributed by atoms with E-state index in [-0.39, 0.29) is 35.7 Å². The first-order valence-corrected chi connectivity index (χ1v) is 18.2. The van der Waals surface area contributed by atoms with Gasteiger partial charge in [0.15, 0.2) is 0 Å². The molecule has 0 radical (unpaired) electrons. The number of aromatic amines is 2. The predicted molar refractivity (Wildman–Crippen MR) is 198 cm³/mol. The summed E-state index contributed by atoms with van der Waals surface area (Å²) in [6.45, 7) is 8.59. The van der Waals surface area contributed by atoms with Gasteiger partial charge in [-0.15, -0.1) is 0 Å². The number of ether oxygens (including phenoxy) is 1. The summed E-state index contributed by atoms with van der Waals surface area (Å²) in [7, 11) is 1.29. The maximum absolute atomic E-state index is 13.5. The second kappa shape index (κ2) is 15.9. The SMILES string of the molecule is COC(=O)N[C@@H](C(=O)N1CCC[C@@H]1c1ncc(-c2ccc(-c3ccc(-c4cnc([C@@H]5CCCN5C(=O)[C@@H](NC(=O)O)C(C)C)[nH]4)cc3)cc2)[nH]1)C(C)C. The molecule has 6 rings (SSSR count). The fraction of sp³-hybridized carbons (Fsp3) is 0.436. The number of nitrogens with zero attached hydrogens (tertiary/aromatic N) is 4. The lowest BCUT2D eigenvalue weighted by atomic mass is 10.0. The number of rotatable bonds is 11. The van der Waals surface area contributed by atoms with Crippen molar-refractivity contribution in [1.29, 1.82) is 0 Å². The molecule has 0 spiro atoms. The highest BCUT2D eigenvalue weighted by Crippen LogP contribution is 2.35. The van der Waals surface area contributed by atoms with Crippen LogP contribution in [-0.4, -0.2) is 91.1 Å². The second-order valence-electron chi connectivity index (χ2n) is 14.4. The molecule has 0 saturated carbocycles. The van der Waals surface area contributed by atoms with Crippen LogP contribution in [0.4, 0.5) is 9.59 Å². The molecule has 2 aromatic heterocycles. The van der Waals surface area contributed by atoms with E-state index in [0.717, 1.165) is 65.1 Å². The average molecular weight is 725 g/mol. The van der Waals surface area contributed by atoms with Crippen molar-refractivity contribution >= 4 is 24.0 Å². The Morgan fingerprint density at radius 2 is 1.09 bits per heavy atom. The van der Waals surface area contributed by atoms with Gasteiger partial charge >= 0.3 is 12.2 Å². The zero-order valence-electron chi connectivity index (χ0n) is 30.8. The lowest BCUT2D eigenvalue weighted by Crippen LogP contribution is -2.51. The third-order valence-corrected chi connectivity index (χ3v) is 10.2. The van der Waals surface area contributed by atoms with Crippen LogP contribution in [0.3, 0.4) is 0 Å². The molecule has 2 saturated heterocycles. The minimum absolute atomic E-state index is 0.107. The number of carboxylic acid groups (broad SMARTS) is 1. The van der Waals surface area contributed by atoms with Crippen LogP contribution in [0.15, 0.2) is 60.9 Å². The first-order valence-electron chi connectivity index (χ1n) is 18.2. The van der Waals surface area contributed by atoms with E-state index in [1.807, 2.05) is 52.0 Å². The van der Waals surface area contributed by atoms with Crippen molar-refractivity contribution < 1.29 is 29.0 Å². The fourth-order valence-corrected chi connectivity index (χ4v) is 7.32. The van der Waals surface area contributed by atoms with E-state index in [4.69, 9.17) is 4.74 Å². The Morgan fingerprint density at radius 3 is 1.47 bits per heavy atom. The van der Waals surface area contributed by atoms with Crippen LogP contribution < -0.4 is 10.6 Å². The molecule has 0 bridgehead atoms. The number of aromatic nitrogens is 4. The van der Waals surface area contributed by atoms with Gasteiger partial charge in [-0.1, -0.05) is 76.2 Å². The predicted octanol–water partition coefficient (Wildman–Crippen LogP) is 6.13. The number of hydrogen-bond acceptors (Lipinski definition) is 7. The molecule has 2 aliphatic rings. The van der Waals surface area contributed by atoms with Gasteiger partial charge in [-0.25, -0.2) is 19.6 Å². The zero-order valence-corrected chi connectivity index (χ0v) is 30.8. The first kappa shape index (κ1) is 37.1. The van der Waals surface area contributed by atoms with Crippen LogP contribution in [-0.2, 0) is 14.3 Å². The molecule has 280 valence electrons. The molecule has 0 unspecified atom stereocenters. The number of imidazole rings is 2. The number of hydrogen-bond donors (Lipinski definition) is 5. The smallest absolute Gasteiger partial charge is 0.407 e. The van der Waals surface area contributed by atoms with E-state index >= 15 is 0 Å². The van der Waals surface area contributed by atoms with Crippen molar-refractivity contribution in [2.45, 2.75) is 77.5 Å². The van der Waals surface area contributed by atoms with Gasteiger partial charge in [0.05, 0.1) is 43.0 Å². The minimum atomic E-state index is -1.21. The first-order chi connectivity index (χ1) is 25.4. The van der Waals surface area contributed by atoms with Gasteiger partial charge in [-0.2, -0.15) is 0 Å². The van der Waals surface area contributed by atoms with E-state index < -0.39 is 24.3 Å². The number of amides is 4. The average Bonchev–Trinajstić information content (AvgIpc) is 3.98. The number of benzene rings is 2. The molecular formula is C39H48N8O6. The fourth-order valence-electron chi connectivity index (χ4n) is 7.32. The quantitative estimate of drug-likeness (QED) is 0.122. The highest BCUT2D eigenvalue weighted by Gasteiger charge is 2.39. The standard InChI is InChI=1S/C39H48N8O6/c1-22(2)32(44-38(50)51)36(48)46-18-6-8-30(46)34-40-20-28(42-34)26-14-10-24(11-15-26)25-12-16-27(17-13-25)29-21-41-35(43-29)31-9-7-19-47(31)37(49)33(23(3)4)45-39(52)53-5/h10-17,20-23,30-33,44H,6-9,18-19H2,1-5H3,(H,40,42)(H,41,43)(H,45,52)(H,50,51)/t30-,31+,32-,33+/m0/s1. The van der Waals surface area contributed by atoms with Gasteiger partial charge in [0, 0.05) is 13.1 Å². The van der Waals surface area contributed by atoms with Crippen LogP contribution in [0.5, 0.6) is 0 Å². The van der Waals surface area contributed by atoms with E-state index in [0.29, 0.717) is 18.9 Å². The molecule has 2 aromatic carbocycles. The monoisotopic (exact) mass is 724 g/mol. The number of carbonyl (C=O) groups is 4. The number of nitrogens with one attached hydrogen (secondary N) is 4. The number of alkyl carbamates (subject to hydrolysis) is 1. The van der Waals surface area contributed by atoms with Crippen molar-refractivity contribution in [3.8, 4) is 33.6 Å². The summed E-state index contributed by atoms with van der Waals surface area (Å²) in [6.07, 6.45) is 4.91. The van der Waals surface area contributed by atoms with E-state index in [9.17, 15) is 24.3 Å². The number of carbonyl (C=O) groups excluding carboxylic acids is 3. The second-order valence-corrected chi connectivity index (χ2v) is 14.4. The summed E-state index contributed by atoms with van der Waals surface area (Å²) in [5.74, 6) is 0.737. The Morgan fingerprint density at radius 1 is 0.698 bits per heavy atom. The van der Waals surface area contributed by atoms with E-state index in [1.54, 1.807) is 22.2 Å². The lowest BCUT2D eigenvalue weighted by molar-refractivity contribution is -0.136. The molecule has 4 amide bonds. The van der Waals surface area contributed by atoms with E-state index in [1.165, 1.54) is 7.11 Å². The van der Waals surface area contributed by atoms with Gasteiger partial charge in [0.1, 0.15) is 23.7 Å². The summed E-state index contributed by atoms with van der Waals surface area (Å²) in [4.78, 5) is 69.8. The third-order valence-electron chi connectivity index (χ3n) is 10.2. The van der Waals surface area contributed by atoms with Crippen LogP contribution in [0.25, 0.3) is 33.6 Å². The van der Waals surface area contributed by atoms with Gasteiger partial charge in [0.2, 0.25) is 11.8 Å². The van der Waals surface area contributed by atoms with Crippen LogP contribution in [0, 0.1) is 11.8 Å². The summed E-state index contributed by atoms with van der Waals surface area (Å²) in [6, 6.07) is 14.4. The molecule has 14 heteroatoms. The van der Waals surface area contributed by atoms with Gasteiger partial charge in [-0.05, 0) is 59.8 Å². The highest BCUT2D eigenvalue weighted by atomic mass is 16.5. The largest absolute Gasteiger partial charge is 0.465 e. The Hall–Kier alpha value is -5.66. The highest BCUT2D eigenvalue weighted by molar-refractivity contribution is 5.87. The molecule has 4 atom stereocenters. The zero-order chi connectivity index (χ0) is 37.8. The normalized spacial score (nSPS) is 18.3. The van der Waals surface area contributed by atoms with Crippen LogP contribution in [0.1, 0.15) is 77.1 Å². The minimum Gasteiger partial charge on any atom is -0.465 e. The van der Waals surface area contributed by atoms with Crippen molar-refractivity contribution in [3.63, 3.8) is 0 Å². The van der Waals surface area contributed by atoms with Crippen molar-refractivity contribution in [2.24, 2.45) is 11.8 Å². The maximum Gasteiger partial charge on any atom is 0.407 e. The molecule has 2 fully saturated rings. The summed E-state index contributed by atoms with van der Waals surface area (Å²) < 4.78 is 4.75. The Balaban J connectivity index is 1.11. The van der Waals surface area contributed by atoms with Gasteiger partial charge in [0.25, 0.3) is 0 Å². The number of likely N-dealkylation sites (tertiary alicyclic amines) is 2. The lowest BCUT2D eigenvalue weighted by Gasteiger charge is -2.30. The molecule has 0 aliphatic carbocycles. The molecular weight excluding hydrogens is 676 g/mol. The molecule has 14 nitrogen and oxygen atoms in total. The Kier molecular flexibility index (Phi) is 11.2. The summed E-state index contributed by atoms with van der Waals surface area (Å²) in [5.41, 5.74) is 5.70. The van der Waals surface area contributed by atoms with Crippen molar-refractivity contribution in [1.82, 2.24) is 40.4 Å². The Bertz CT molecular complexity index is 1920.